The summed E-state index contributed by atoms with van der Waals surface area (Å²) in [5.74, 6) is 0.144. The van der Waals surface area contributed by atoms with Gasteiger partial charge in [-0.2, -0.15) is 5.10 Å². The van der Waals surface area contributed by atoms with Crippen LogP contribution in [0.4, 0.5) is 5.69 Å². The van der Waals surface area contributed by atoms with Gasteiger partial charge in [-0.05, 0) is 31.0 Å². The number of nitrogens with zero attached hydrogens (tertiary/aromatic N) is 3. The molecule has 0 saturated carbocycles. The monoisotopic (exact) mass is 346 g/mol. The van der Waals surface area contributed by atoms with Crippen molar-refractivity contribution in [2.75, 3.05) is 18.4 Å². The highest BCUT2D eigenvalue weighted by atomic mass is 16.2. The zero-order valence-corrected chi connectivity index (χ0v) is 14.9. The molecule has 3 aromatic rings. The number of likely N-dealkylation sites (tertiary alicyclic amines) is 1. The van der Waals surface area contributed by atoms with Gasteiger partial charge >= 0.3 is 0 Å². The van der Waals surface area contributed by atoms with Crippen LogP contribution >= 0.6 is 0 Å². The van der Waals surface area contributed by atoms with Gasteiger partial charge in [0.05, 0.1) is 16.6 Å². The first-order chi connectivity index (χ1) is 12.7. The fourth-order valence-corrected chi connectivity index (χ4v) is 4.57. The highest BCUT2D eigenvalue weighted by Crippen LogP contribution is 2.44. The summed E-state index contributed by atoms with van der Waals surface area (Å²) in [4.78, 5) is 15.1. The molecule has 2 aromatic carbocycles. The van der Waals surface area contributed by atoms with Gasteiger partial charge in [-0.15, -0.1) is 0 Å². The normalized spacial score (nSPS) is 22.3. The molecule has 1 spiro atoms. The minimum atomic E-state index is -0.403. The van der Waals surface area contributed by atoms with Crippen molar-refractivity contribution in [3.63, 3.8) is 0 Å². The van der Waals surface area contributed by atoms with Crippen LogP contribution in [0.5, 0.6) is 0 Å². The summed E-state index contributed by atoms with van der Waals surface area (Å²) in [7, 11) is 0. The van der Waals surface area contributed by atoms with Crippen molar-refractivity contribution >= 4 is 22.5 Å². The third-order valence-corrected chi connectivity index (χ3v) is 5.88. The molecule has 0 unspecified atom stereocenters. The third kappa shape index (κ3) is 2.13. The Morgan fingerprint density at radius 2 is 1.96 bits per heavy atom. The van der Waals surface area contributed by atoms with E-state index >= 15 is 0 Å². The molecular formula is C21H22N4O. The maximum absolute atomic E-state index is 12.8. The van der Waals surface area contributed by atoms with Gasteiger partial charge < -0.3 is 5.32 Å². The molecule has 5 rings (SSSR count). The molecule has 132 valence electrons. The third-order valence-electron chi connectivity index (χ3n) is 5.88. The van der Waals surface area contributed by atoms with Crippen LogP contribution in [0, 0.1) is 0 Å². The number of aryl methyl sites for hydroxylation is 1. The highest BCUT2D eigenvalue weighted by Gasteiger charge is 2.50. The van der Waals surface area contributed by atoms with Gasteiger partial charge in [0.15, 0.2) is 0 Å². The molecule has 1 N–H and O–H groups in total. The van der Waals surface area contributed by atoms with Crippen LogP contribution in [0.1, 0.15) is 24.6 Å². The standard InChI is InChI=1S/C21H22N4O/c1-2-25-19-10-6-3-7-15(19)18(23-25)13-24-12-11-21(14-24)16-8-4-5-9-17(16)22-20(21)26/h3-10H,2,11-14H2,1H3,(H,22,26)/t21-/m0/s1. The summed E-state index contributed by atoms with van der Waals surface area (Å²) in [6.45, 7) is 5.43. The lowest BCUT2D eigenvalue weighted by molar-refractivity contribution is -0.120. The van der Waals surface area contributed by atoms with E-state index in [0.717, 1.165) is 49.5 Å². The highest BCUT2D eigenvalue weighted by molar-refractivity contribution is 6.06. The molecule has 5 nitrogen and oxygen atoms in total. The van der Waals surface area contributed by atoms with E-state index in [1.165, 1.54) is 10.9 Å². The quantitative estimate of drug-likeness (QED) is 0.793. The van der Waals surface area contributed by atoms with E-state index < -0.39 is 5.41 Å². The topological polar surface area (TPSA) is 50.2 Å². The Kier molecular flexibility index (Phi) is 3.40. The Hall–Kier alpha value is -2.66. The zero-order chi connectivity index (χ0) is 17.7. The number of amides is 1. The smallest absolute Gasteiger partial charge is 0.236 e. The van der Waals surface area contributed by atoms with Crippen LogP contribution in [-0.2, 0) is 23.3 Å². The Bertz CT molecular complexity index is 1010. The molecule has 2 aliphatic rings. The SMILES string of the molecule is CCn1nc(CN2CC[C@@]3(C2)C(=O)Nc2ccccc23)c2ccccc21. The second-order valence-corrected chi connectivity index (χ2v) is 7.32. The maximum atomic E-state index is 12.8. The minimum Gasteiger partial charge on any atom is -0.325 e. The van der Waals surface area contributed by atoms with Crippen LogP contribution in [0.15, 0.2) is 48.5 Å². The van der Waals surface area contributed by atoms with Crippen molar-refractivity contribution < 1.29 is 4.79 Å². The van der Waals surface area contributed by atoms with E-state index in [-0.39, 0.29) is 5.91 Å². The number of anilines is 1. The molecule has 2 aliphatic heterocycles. The lowest BCUT2D eigenvalue weighted by Crippen LogP contribution is -2.37. The molecule has 26 heavy (non-hydrogen) atoms. The summed E-state index contributed by atoms with van der Waals surface area (Å²) in [5.41, 5.74) is 4.00. The van der Waals surface area contributed by atoms with Gasteiger partial charge in [0.1, 0.15) is 0 Å². The summed E-state index contributed by atoms with van der Waals surface area (Å²) in [6, 6.07) is 16.5. The number of para-hydroxylation sites is 2. The van der Waals surface area contributed by atoms with Crippen LogP contribution in [0.25, 0.3) is 10.9 Å². The second kappa shape index (κ2) is 5.68. The molecule has 3 heterocycles. The van der Waals surface area contributed by atoms with Crippen molar-refractivity contribution in [1.29, 1.82) is 0 Å². The van der Waals surface area contributed by atoms with E-state index in [1.54, 1.807) is 0 Å². The molecular weight excluding hydrogens is 324 g/mol. The Balaban J connectivity index is 1.45. The second-order valence-electron chi connectivity index (χ2n) is 7.32. The van der Waals surface area contributed by atoms with E-state index in [2.05, 4.69) is 52.2 Å². The Morgan fingerprint density at radius 3 is 2.85 bits per heavy atom. The summed E-state index contributed by atoms with van der Waals surface area (Å²) in [5, 5.41) is 9.11. The fourth-order valence-electron chi connectivity index (χ4n) is 4.57. The molecule has 1 aromatic heterocycles. The average molecular weight is 346 g/mol. The molecule has 1 atom stereocenters. The van der Waals surface area contributed by atoms with Gasteiger partial charge in [-0.3, -0.25) is 14.4 Å². The number of nitrogens with one attached hydrogen (secondary N) is 1. The number of carbonyl (C=O) groups excluding carboxylic acids is 1. The molecule has 1 amide bonds. The zero-order valence-electron chi connectivity index (χ0n) is 14.9. The van der Waals surface area contributed by atoms with Crippen LogP contribution in [0.2, 0.25) is 0 Å². The van der Waals surface area contributed by atoms with Crippen LogP contribution in [0.3, 0.4) is 0 Å². The average Bonchev–Trinajstić information content (AvgIpc) is 3.32. The van der Waals surface area contributed by atoms with Crippen molar-refractivity contribution in [1.82, 2.24) is 14.7 Å². The first kappa shape index (κ1) is 15.6. The number of benzene rings is 2. The largest absolute Gasteiger partial charge is 0.325 e. The van der Waals surface area contributed by atoms with Crippen molar-refractivity contribution in [2.45, 2.75) is 31.8 Å². The van der Waals surface area contributed by atoms with Crippen LogP contribution in [-0.4, -0.2) is 33.7 Å². The van der Waals surface area contributed by atoms with Crippen molar-refractivity contribution in [3.8, 4) is 0 Å². The van der Waals surface area contributed by atoms with Gasteiger partial charge in [-0.1, -0.05) is 36.4 Å². The van der Waals surface area contributed by atoms with Crippen molar-refractivity contribution in [2.24, 2.45) is 0 Å². The molecule has 0 aliphatic carbocycles. The van der Waals surface area contributed by atoms with Gasteiger partial charge in [0.25, 0.3) is 0 Å². The molecule has 1 fully saturated rings. The maximum Gasteiger partial charge on any atom is 0.236 e. The Labute approximate surface area is 152 Å². The number of hydrogen-bond donors (Lipinski definition) is 1. The predicted molar refractivity (Wildman–Crippen MR) is 102 cm³/mol. The number of hydrogen-bond acceptors (Lipinski definition) is 3. The fraction of sp³-hybridized carbons (Fsp3) is 0.333. The predicted octanol–water partition coefficient (Wildman–Crippen LogP) is 3.15. The number of aromatic nitrogens is 2. The minimum absolute atomic E-state index is 0.144. The van der Waals surface area contributed by atoms with Gasteiger partial charge in [0, 0.05) is 37.3 Å². The van der Waals surface area contributed by atoms with E-state index in [9.17, 15) is 4.79 Å². The first-order valence-corrected chi connectivity index (χ1v) is 9.29. The van der Waals surface area contributed by atoms with Gasteiger partial charge in [-0.25, -0.2) is 0 Å². The Morgan fingerprint density at radius 1 is 1.15 bits per heavy atom. The molecule has 0 bridgehead atoms. The number of fused-ring (bicyclic) bond motifs is 3. The molecule has 0 radical (unpaired) electrons. The first-order valence-electron chi connectivity index (χ1n) is 9.29. The lowest BCUT2D eigenvalue weighted by atomic mass is 9.81. The van der Waals surface area contributed by atoms with Gasteiger partial charge in [0.2, 0.25) is 5.91 Å². The number of rotatable bonds is 3. The van der Waals surface area contributed by atoms with E-state index in [4.69, 9.17) is 5.10 Å². The van der Waals surface area contributed by atoms with E-state index in [0.29, 0.717) is 0 Å². The molecule has 1 saturated heterocycles. The summed E-state index contributed by atoms with van der Waals surface area (Å²) < 4.78 is 2.06. The summed E-state index contributed by atoms with van der Waals surface area (Å²) >= 11 is 0. The van der Waals surface area contributed by atoms with Crippen molar-refractivity contribution in [3.05, 3.63) is 59.8 Å². The summed E-state index contributed by atoms with van der Waals surface area (Å²) in [6.07, 6.45) is 0.863. The number of carbonyl (C=O) groups is 1. The molecule has 5 heteroatoms. The van der Waals surface area contributed by atoms with Crippen LogP contribution < -0.4 is 5.32 Å². The lowest BCUT2D eigenvalue weighted by Gasteiger charge is -2.22. The van der Waals surface area contributed by atoms with E-state index in [1.807, 2.05) is 18.2 Å².